The molecule has 7 nitrogen and oxygen atoms in total. The van der Waals surface area contributed by atoms with Crippen LogP contribution in [0.5, 0.6) is 5.75 Å². The van der Waals surface area contributed by atoms with E-state index < -0.39 is 18.0 Å². The first-order chi connectivity index (χ1) is 12.7. The topological polar surface area (TPSA) is 102 Å². The number of fused-ring (bicyclic) bond motifs is 3. The lowest BCUT2D eigenvalue weighted by molar-refractivity contribution is 0.0523. The summed E-state index contributed by atoms with van der Waals surface area (Å²) < 4.78 is 6.90. The lowest BCUT2D eigenvalue weighted by atomic mass is 9.79. The van der Waals surface area contributed by atoms with E-state index in [0.717, 1.165) is 5.56 Å². The molecule has 0 saturated carbocycles. The van der Waals surface area contributed by atoms with Crippen molar-refractivity contribution in [3.63, 3.8) is 0 Å². The predicted octanol–water partition coefficient (Wildman–Crippen LogP) is 2.43. The van der Waals surface area contributed by atoms with Crippen LogP contribution in [0.2, 0.25) is 0 Å². The van der Waals surface area contributed by atoms with Crippen molar-refractivity contribution in [2.24, 2.45) is 5.41 Å². The number of aromatic nitrogens is 2. The Balaban J connectivity index is 2.28. The summed E-state index contributed by atoms with van der Waals surface area (Å²) in [4.78, 5) is 29.1. The summed E-state index contributed by atoms with van der Waals surface area (Å²) in [5.74, 6) is -0.714. The summed E-state index contributed by atoms with van der Waals surface area (Å²) in [5.41, 5.74) is 1.40. The molecule has 0 fully saturated rings. The van der Waals surface area contributed by atoms with Crippen LogP contribution in [0.15, 0.2) is 23.1 Å². The van der Waals surface area contributed by atoms with Crippen LogP contribution >= 0.6 is 0 Å². The van der Waals surface area contributed by atoms with Gasteiger partial charge in [-0.1, -0.05) is 20.8 Å². The summed E-state index contributed by atoms with van der Waals surface area (Å²) >= 11 is 0. The molecular weight excluding hydrogens is 348 g/mol. The van der Waals surface area contributed by atoms with Crippen molar-refractivity contribution in [1.82, 2.24) is 9.55 Å². The molecule has 2 aromatic rings. The predicted molar refractivity (Wildman–Crippen MR) is 99.7 cm³/mol. The monoisotopic (exact) mass is 372 g/mol. The third-order valence-electron chi connectivity index (χ3n) is 4.87. The van der Waals surface area contributed by atoms with E-state index in [2.05, 4.69) is 25.8 Å². The van der Waals surface area contributed by atoms with Gasteiger partial charge in [0.05, 0.1) is 24.6 Å². The number of nitrogens with zero attached hydrogens (tertiary/aromatic N) is 2. The first kappa shape index (κ1) is 19.1. The molecule has 0 amide bonds. The number of aliphatic hydroxyl groups excluding tert-OH is 1. The molecule has 0 radical (unpaired) electrons. The van der Waals surface area contributed by atoms with Crippen molar-refractivity contribution >= 4 is 5.97 Å². The molecule has 0 bridgehead atoms. The Morgan fingerprint density at radius 1 is 1.37 bits per heavy atom. The third-order valence-corrected chi connectivity index (χ3v) is 4.87. The van der Waals surface area contributed by atoms with Gasteiger partial charge >= 0.3 is 5.97 Å². The minimum Gasteiger partial charge on any atom is -0.506 e. The molecule has 27 heavy (non-hydrogen) atoms. The first-order valence-electron chi connectivity index (χ1n) is 8.93. The van der Waals surface area contributed by atoms with Crippen molar-refractivity contribution in [2.75, 3.05) is 6.61 Å². The van der Waals surface area contributed by atoms with Crippen molar-refractivity contribution in [3.05, 3.63) is 45.4 Å². The molecule has 144 valence electrons. The van der Waals surface area contributed by atoms with Gasteiger partial charge in [-0.3, -0.25) is 4.79 Å². The summed E-state index contributed by atoms with van der Waals surface area (Å²) in [6.07, 6.45) is 2.12. The fourth-order valence-electron chi connectivity index (χ4n) is 3.46. The third kappa shape index (κ3) is 3.35. The fourth-order valence-corrected chi connectivity index (χ4v) is 3.46. The second-order valence-corrected chi connectivity index (χ2v) is 7.77. The zero-order valence-corrected chi connectivity index (χ0v) is 15.9. The molecule has 0 unspecified atom stereocenters. The van der Waals surface area contributed by atoms with Gasteiger partial charge in [0, 0.05) is 18.3 Å². The van der Waals surface area contributed by atoms with Crippen LogP contribution in [0.4, 0.5) is 0 Å². The first-order valence-corrected chi connectivity index (χ1v) is 8.93. The summed E-state index contributed by atoms with van der Waals surface area (Å²) in [5, 5.41) is 19.5. The Bertz CT molecular complexity index is 956. The minimum atomic E-state index is -0.647. The van der Waals surface area contributed by atoms with Crippen LogP contribution in [0.25, 0.3) is 11.4 Å². The smallest absolute Gasteiger partial charge is 0.343 e. The molecule has 3 heterocycles. The molecule has 0 spiro atoms. The number of ether oxygens (including phenoxy) is 1. The second-order valence-electron chi connectivity index (χ2n) is 7.77. The minimum absolute atomic E-state index is 0.0144. The van der Waals surface area contributed by atoms with Gasteiger partial charge in [-0.05, 0) is 30.4 Å². The molecule has 3 rings (SSSR count). The van der Waals surface area contributed by atoms with Crippen molar-refractivity contribution < 1.29 is 19.7 Å². The zero-order chi connectivity index (χ0) is 19.9. The van der Waals surface area contributed by atoms with Crippen LogP contribution in [0.3, 0.4) is 0 Å². The largest absolute Gasteiger partial charge is 0.506 e. The number of hydrogen-bond acceptors (Lipinski definition) is 6. The highest BCUT2D eigenvalue weighted by Crippen LogP contribution is 2.42. The number of aromatic hydroxyl groups is 1. The van der Waals surface area contributed by atoms with Gasteiger partial charge in [0.2, 0.25) is 0 Å². The molecule has 1 atom stereocenters. The van der Waals surface area contributed by atoms with Crippen LogP contribution in [0.1, 0.15) is 55.4 Å². The van der Waals surface area contributed by atoms with Crippen LogP contribution < -0.4 is 5.43 Å². The fraction of sp³-hybridized carbons (Fsp3) is 0.450. The average molecular weight is 372 g/mol. The standard InChI is InChI=1S/C20H24N2O5/c1-5-27-19(26)12-9-22-14(8-15(12)24)18-11(7-17(22)20(2,3)4)6-16(25)13(10-23)21-18/h6,8-9,17,23,25H,5,7,10H2,1-4H3/t17-/m0/s1. The molecule has 2 N–H and O–H groups in total. The van der Waals surface area contributed by atoms with E-state index in [1.165, 1.54) is 6.07 Å². The van der Waals surface area contributed by atoms with Gasteiger partial charge in [-0.25, -0.2) is 9.78 Å². The summed E-state index contributed by atoms with van der Waals surface area (Å²) in [6.45, 7) is 7.69. The van der Waals surface area contributed by atoms with Crippen molar-refractivity contribution in [1.29, 1.82) is 0 Å². The molecule has 7 heteroatoms. The van der Waals surface area contributed by atoms with Crippen LogP contribution in [0, 0.1) is 5.41 Å². The summed E-state index contributed by atoms with van der Waals surface area (Å²) in [6, 6.07) is 2.92. The maximum Gasteiger partial charge on any atom is 0.343 e. The number of rotatable bonds is 3. The highest BCUT2D eigenvalue weighted by molar-refractivity contribution is 5.89. The van der Waals surface area contributed by atoms with E-state index in [9.17, 15) is 19.8 Å². The van der Waals surface area contributed by atoms with E-state index in [1.807, 2.05) is 4.57 Å². The lowest BCUT2D eigenvalue weighted by Crippen LogP contribution is -2.33. The quantitative estimate of drug-likeness (QED) is 0.803. The lowest BCUT2D eigenvalue weighted by Gasteiger charge is -2.38. The van der Waals surface area contributed by atoms with Gasteiger partial charge < -0.3 is 19.5 Å². The van der Waals surface area contributed by atoms with Gasteiger partial charge in [-0.2, -0.15) is 0 Å². The van der Waals surface area contributed by atoms with Gasteiger partial charge in [-0.15, -0.1) is 0 Å². The van der Waals surface area contributed by atoms with Crippen molar-refractivity contribution in [2.45, 2.75) is 46.8 Å². The number of carbonyl (C=O) groups is 1. The molecule has 0 saturated heterocycles. The van der Waals surface area contributed by atoms with E-state index in [1.54, 1.807) is 19.2 Å². The van der Waals surface area contributed by atoms with Gasteiger partial charge in [0.15, 0.2) is 5.43 Å². The second kappa shape index (κ2) is 6.81. The van der Waals surface area contributed by atoms with Gasteiger partial charge in [0.1, 0.15) is 17.0 Å². The Morgan fingerprint density at radius 3 is 2.67 bits per heavy atom. The van der Waals surface area contributed by atoms with Crippen molar-refractivity contribution in [3.8, 4) is 17.1 Å². The molecule has 0 aliphatic carbocycles. The Kier molecular flexibility index (Phi) is 4.82. The highest BCUT2D eigenvalue weighted by atomic mass is 16.5. The average Bonchev–Trinajstić information content (AvgIpc) is 2.59. The number of aliphatic hydroxyl groups is 1. The Morgan fingerprint density at radius 2 is 2.07 bits per heavy atom. The Labute approximate surface area is 157 Å². The molecule has 2 aromatic heterocycles. The normalized spacial score (nSPS) is 15.8. The number of hydrogen-bond donors (Lipinski definition) is 2. The SMILES string of the molecule is CCOC(=O)c1cn2c(cc1=O)-c1nc(CO)c(O)cc1C[C@H]2C(C)(C)C. The number of pyridine rings is 2. The van der Waals surface area contributed by atoms with Gasteiger partial charge in [0.25, 0.3) is 0 Å². The highest BCUT2D eigenvalue weighted by Gasteiger charge is 2.34. The van der Waals surface area contributed by atoms with E-state index in [-0.39, 0.29) is 35.1 Å². The van der Waals surface area contributed by atoms with Crippen LogP contribution in [-0.4, -0.2) is 32.3 Å². The molecular formula is C20H24N2O5. The molecule has 1 aliphatic rings. The van der Waals surface area contributed by atoms with E-state index in [0.29, 0.717) is 17.8 Å². The van der Waals surface area contributed by atoms with E-state index in [4.69, 9.17) is 4.74 Å². The van der Waals surface area contributed by atoms with E-state index >= 15 is 0 Å². The molecule has 0 aromatic carbocycles. The number of carbonyl (C=O) groups excluding carboxylic acids is 1. The zero-order valence-electron chi connectivity index (χ0n) is 15.9. The maximum absolute atomic E-state index is 12.6. The maximum atomic E-state index is 12.6. The summed E-state index contributed by atoms with van der Waals surface area (Å²) in [7, 11) is 0. The number of esters is 1. The Hall–Kier alpha value is -2.67. The molecule has 1 aliphatic heterocycles. The van der Waals surface area contributed by atoms with Crippen LogP contribution in [-0.2, 0) is 17.8 Å².